The smallest absolute Gasteiger partial charge is 0.236 e. The molecule has 0 amide bonds. The van der Waals surface area contributed by atoms with Crippen LogP contribution in [0.15, 0.2) is 127 Å². The van der Waals surface area contributed by atoms with Gasteiger partial charge in [-0.05, 0) is 45.5 Å². The Hall–Kier alpha value is -4.80. The van der Waals surface area contributed by atoms with Crippen molar-refractivity contribution in [2.45, 2.75) is 0 Å². The van der Waals surface area contributed by atoms with Gasteiger partial charge in [0.05, 0.1) is 16.7 Å². The Kier molecular flexibility index (Phi) is 4.69. The van der Waals surface area contributed by atoms with Gasteiger partial charge >= 0.3 is 0 Å². The molecule has 0 unspecified atom stereocenters. The fourth-order valence-corrected chi connectivity index (χ4v) is 6.33. The third kappa shape index (κ3) is 3.21. The lowest BCUT2D eigenvalue weighted by Gasteiger charge is -2.11. The molecular weight excluding hydrogens is 482 g/mol. The maximum Gasteiger partial charge on any atom is 0.236 e. The van der Waals surface area contributed by atoms with Crippen LogP contribution in [0.25, 0.3) is 71.1 Å². The molecule has 3 aromatic heterocycles. The molecular formula is C34H21N3S. The normalized spacial score (nSPS) is 11.7. The summed E-state index contributed by atoms with van der Waals surface area (Å²) in [6.45, 7) is 0. The maximum absolute atomic E-state index is 5.23. The van der Waals surface area contributed by atoms with Crippen molar-refractivity contribution >= 4 is 54.1 Å². The van der Waals surface area contributed by atoms with Gasteiger partial charge in [0.15, 0.2) is 0 Å². The van der Waals surface area contributed by atoms with E-state index in [1.54, 1.807) is 11.3 Å². The number of benzene rings is 5. The molecule has 0 aliphatic carbocycles. The summed E-state index contributed by atoms with van der Waals surface area (Å²) in [5.41, 5.74) is 6.67. The lowest BCUT2D eigenvalue weighted by molar-refractivity contribution is 1.02. The summed E-state index contributed by atoms with van der Waals surface area (Å²) in [6, 6.07) is 42.8. The van der Waals surface area contributed by atoms with Gasteiger partial charge in [0.2, 0.25) is 5.95 Å². The van der Waals surface area contributed by atoms with Crippen molar-refractivity contribution in [1.82, 2.24) is 14.5 Å². The lowest BCUT2D eigenvalue weighted by Crippen LogP contribution is -2.02. The molecule has 38 heavy (non-hydrogen) atoms. The predicted molar refractivity (Wildman–Crippen MR) is 160 cm³/mol. The van der Waals surface area contributed by atoms with E-state index in [0.717, 1.165) is 32.5 Å². The first kappa shape index (κ1) is 21.3. The number of fused-ring (bicyclic) bond motifs is 6. The summed E-state index contributed by atoms with van der Waals surface area (Å²) in [5.74, 6) is 0.698. The zero-order valence-corrected chi connectivity index (χ0v) is 21.2. The minimum Gasteiger partial charge on any atom is -0.278 e. The maximum atomic E-state index is 5.23. The van der Waals surface area contributed by atoms with Gasteiger partial charge in [0.25, 0.3) is 0 Å². The SMILES string of the molecule is c1ccc(-c2ccc(-c3nc(-n4c5ccccc5c5c6ccccc6ccc54)nc4sccc34)cc2)cc1. The van der Waals surface area contributed by atoms with E-state index >= 15 is 0 Å². The lowest BCUT2D eigenvalue weighted by atomic mass is 10.0. The molecule has 0 radical (unpaired) electrons. The monoisotopic (exact) mass is 503 g/mol. The summed E-state index contributed by atoms with van der Waals surface area (Å²) in [6.07, 6.45) is 0. The molecule has 0 aliphatic rings. The Morgan fingerprint density at radius 1 is 0.500 bits per heavy atom. The van der Waals surface area contributed by atoms with Gasteiger partial charge in [0, 0.05) is 21.7 Å². The third-order valence-corrected chi connectivity index (χ3v) is 8.15. The van der Waals surface area contributed by atoms with E-state index < -0.39 is 0 Å². The highest BCUT2D eigenvalue weighted by atomic mass is 32.1. The van der Waals surface area contributed by atoms with Crippen LogP contribution in [0.3, 0.4) is 0 Å². The zero-order valence-electron chi connectivity index (χ0n) is 20.4. The number of thiophene rings is 1. The molecule has 0 fully saturated rings. The first-order valence-corrected chi connectivity index (χ1v) is 13.6. The number of aromatic nitrogens is 3. The van der Waals surface area contributed by atoms with E-state index in [-0.39, 0.29) is 0 Å². The molecule has 5 aromatic carbocycles. The van der Waals surface area contributed by atoms with Gasteiger partial charge in [0.1, 0.15) is 4.83 Å². The summed E-state index contributed by atoms with van der Waals surface area (Å²) in [5, 5.41) is 8.11. The molecule has 4 heteroatoms. The van der Waals surface area contributed by atoms with Crippen molar-refractivity contribution in [3.63, 3.8) is 0 Å². The second kappa shape index (κ2) is 8.37. The quantitative estimate of drug-likeness (QED) is 0.240. The standard InChI is InChI=1S/C34H21N3S/c1-2-8-22(9-3-1)23-14-16-25(17-15-23)32-28-20-21-38-33(28)36-34(35-32)37-29-13-7-6-12-27(29)31-26-11-5-4-10-24(26)18-19-30(31)37/h1-21H. The molecule has 0 saturated carbocycles. The van der Waals surface area contributed by atoms with E-state index in [4.69, 9.17) is 9.97 Å². The van der Waals surface area contributed by atoms with Crippen molar-refractivity contribution < 1.29 is 0 Å². The summed E-state index contributed by atoms with van der Waals surface area (Å²) < 4.78 is 2.22. The predicted octanol–water partition coefficient (Wildman–Crippen LogP) is 9.28. The van der Waals surface area contributed by atoms with Crippen LogP contribution in [0.2, 0.25) is 0 Å². The average molecular weight is 504 g/mol. The first-order valence-electron chi connectivity index (χ1n) is 12.7. The highest BCUT2D eigenvalue weighted by Gasteiger charge is 2.18. The molecule has 0 saturated heterocycles. The van der Waals surface area contributed by atoms with Gasteiger partial charge in [-0.25, -0.2) is 9.97 Å². The van der Waals surface area contributed by atoms with Crippen molar-refractivity contribution in [2.75, 3.05) is 0 Å². The molecule has 8 rings (SSSR count). The van der Waals surface area contributed by atoms with Crippen molar-refractivity contribution in [1.29, 1.82) is 0 Å². The van der Waals surface area contributed by atoms with E-state index in [1.807, 2.05) is 6.07 Å². The van der Waals surface area contributed by atoms with Crippen molar-refractivity contribution in [3.8, 4) is 28.3 Å². The van der Waals surface area contributed by atoms with Crippen LogP contribution in [0.5, 0.6) is 0 Å². The molecule has 178 valence electrons. The first-order chi connectivity index (χ1) is 18.8. The van der Waals surface area contributed by atoms with Crippen molar-refractivity contribution in [2.24, 2.45) is 0 Å². The molecule has 0 N–H and O–H groups in total. The second-order valence-corrected chi connectivity index (χ2v) is 10.4. The number of hydrogen-bond donors (Lipinski definition) is 0. The summed E-state index contributed by atoms with van der Waals surface area (Å²) in [7, 11) is 0. The molecule has 0 bridgehead atoms. The highest BCUT2D eigenvalue weighted by molar-refractivity contribution is 7.16. The number of hydrogen-bond acceptors (Lipinski definition) is 3. The van der Waals surface area contributed by atoms with Gasteiger partial charge < -0.3 is 0 Å². The Morgan fingerprint density at radius 2 is 1.21 bits per heavy atom. The van der Waals surface area contributed by atoms with E-state index in [1.165, 1.54) is 32.7 Å². The molecule has 0 atom stereocenters. The highest BCUT2D eigenvalue weighted by Crippen LogP contribution is 2.38. The molecule has 3 heterocycles. The Bertz CT molecular complexity index is 2120. The van der Waals surface area contributed by atoms with Crippen LogP contribution in [0.1, 0.15) is 0 Å². The minimum atomic E-state index is 0.698. The Labute approximate surface area is 223 Å². The molecule has 0 spiro atoms. The number of nitrogens with zero attached hydrogens (tertiary/aromatic N) is 3. The second-order valence-electron chi connectivity index (χ2n) is 9.49. The largest absolute Gasteiger partial charge is 0.278 e. The number of para-hydroxylation sites is 1. The topological polar surface area (TPSA) is 30.7 Å². The van der Waals surface area contributed by atoms with Crippen LogP contribution < -0.4 is 0 Å². The zero-order chi connectivity index (χ0) is 25.1. The third-order valence-electron chi connectivity index (χ3n) is 7.34. The van der Waals surface area contributed by atoms with E-state index in [9.17, 15) is 0 Å². The van der Waals surface area contributed by atoms with Crippen LogP contribution in [0, 0.1) is 0 Å². The molecule has 0 aliphatic heterocycles. The van der Waals surface area contributed by atoms with Crippen LogP contribution in [-0.2, 0) is 0 Å². The van der Waals surface area contributed by atoms with E-state index in [0.29, 0.717) is 5.95 Å². The average Bonchev–Trinajstić information content (AvgIpc) is 3.60. The van der Waals surface area contributed by atoms with Crippen molar-refractivity contribution in [3.05, 3.63) is 127 Å². The summed E-state index contributed by atoms with van der Waals surface area (Å²) >= 11 is 1.66. The summed E-state index contributed by atoms with van der Waals surface area (Å²) in [4.78, 5) is 11.3. The molecule has 8 aromatic rings. The Balaban J connectivity index is 1.38. The minimum absolute atomic E-state index is 0.698. The van der Waals surface area contributed by atoms with Crippen LogP contribution in [0.4, 0.5) is 0 Å². The van der Waals surface area contributed by atoms with Crippen LogP contribution >= 0.6 is 11.3 Å². The molecule has 3 nitrogen and oxygen atoms in total. The van der Waals surface area contributed by atoms with Gasteiger partial charge in [-0.3, -0.25) is 4.57 Å². The van der Waals surface area contributed by atoms with Crippen LogP contribution in [-0.4, -0.2) is 14.5 Å². The number of rotatable bonds is 3. The Morgan fingerprint density at radius 3 is 2.08 bits per heavy atom. The fourth-order valence-electron chi connectivity index (χ4n) is 5.57. The van der Waals surface area contributed by atoms with Gasteiger partial charge in [-0.2, -0.15) is 0 Å². The van der Waals surface area contributed by atoms with Gasteiger partial charge in [-0.15, -0.1) is 11.3 Å². The fraction of sp³-hybridized carbons (Fsp3) is 0. The van der Waals surface area contributed by atoms with Gasteiger partial charge in [-0.1, -0.05) is 103 Å². The van der Waals surface area contributed by atoms with E-state index in [2.05, 4.69) is 125 Å².